The van der Waals surface area contributed by atoms with E-state index in [-0.39, 0.29) is 17.6 Å². The number of aromatic carboxylic acids is 1. The van der Waals surface area contributed by atoms with Crippen molar-refractivity contribution in [2.75, 3.05) is 4.90 Å². The summed E-state index contributed by atoms with van der Waals surface area (Å²) in [5.74, 6) is 0.0284. The number of aromatic nitrogens is 1. The standard InChI is InChI=1S/C25H17Cl2N3O3S/c26-15-5-7-16(8-6-15)30-23(22(29-25(30)34)19-3-1-2-12-28-19)21-11-10-20(33-21)17-13-14(24(31)32)4-9-18(17)27/h1-13,22-23H,(H,29,34)(H,31,32)/t22-,23-/m1/s1. The number of hydrogen-bond donors (Lipinski definition) is 2. The second-order valence-corrected chi connectivity index (χ2v) is 8.91. The van der Waals surface area contributed by atoms with Crippen molar-refractivity contribution in [2.24, 2.45) is 0 Å². The van der Waals surface area contributed by atoms with E-state index in [9.17, 15) is 9.90 Å². The first-order valence-electron chi connectivity index (χ1n) is 10.3. The molecule has 2 aromatic carbocycles. The lowest BCUT2D eigenvalue weighted by atomic mass is 10.0. The molecule has 9 heteroatoms. The SMILES string of the molecule is O=C(O)c1ccc(Cl)c(-c2ccc([C@@H]3[C@@H](c4ccccn4)NC(=S)N3c3ccc(Cl)cc3)o2)c1. The molecule has 1 fully saturated rings. The summed E-state index contributed by atoms with van der Waals surface area (Å²) >= 11 is 18.2. The smallest absolute Gasteiger partial charge is 0.335 e. The predicted octanol–water partition coefficient (Wildman–Crippen LogP) is 6.52. The molecule has 0 unspecified atom stereocenters. The zero-order chi connectivity index (χ0) is 23.8. The fraction of sp³-hybridized carbons (Fsp3) is 0.0800. The Morgan fingerprint density at radius 2 is 1.85 bits per heavy atom. The lowest BCUT2D eigenvalue weighted by molar-refractivity contribution is 0.0697. The van der Waals surface area contributed by atoms with Gasteiger partial charge in [-0.15, -0.1) is 0 Å². The summed E-state index contributed by atoms with van der Waals surface area (Å²) in [5.41, 5.74) is 2.26. The van der Waals surface area contributed by atoms with Gasteiger partial charge in [-0.1, -0.05) is 29.3 Å². The van der Waals surface area contributed by atoms with Crippen molar-refractivity contribution in [1.29, 1.82) is 0 Å². The van der Waals surface area contributed by atoms with Gasteiger partial charge in [-0.3, -0.25) is 4.98 Å². The molecule has 34 heavy (non-hydrogen) atoms. The second-order valence-electron chi connectivity index (χ2n) is 7.67. The van der Waals surface area contributed by atoms with Crippen molar-refractivity contribution in [3.05, 3.63) is 106 Å². The molecule has 3 heterocycles. The number of nitrogens with one attached hydrogen (secondary N) is 1. The average molecular weight is 510 g/mol. The summed E-state index contributed by atoms with van der Waals surface area (Å²) in [6, 6.07) is 20.5. The first kappa shape index (κ1) is 22.4. The first-order valence-corrected chi connectivity index (χ1v) is 11.5. The molecule has 0 aliphatic carbocycles. The molecule has 170 valence electrons. The molecular weight excluding hydrogens is 493 g/mol. The number of hydrogen-bond acceptors (Lipinski definition) is 4. The molecule has 5 rings (SSSR count). The van der Waals surface area contributed by atoms with Crippen LogP contribution in [0.3, 0.4) is 0 Å². The van der Waals surface area contributed by atoms with Crippen LogP contribution in [-0.2, 0) is 0 Å². The molecule has 2 N–H and O–H groups in total. The fourth-order valence-corrected chi connectivity index (χ4v) is 4.71. The first-order chi connectivity index (χ1) is 16.4. The molecule has 0 amide bonds. The fourth-order valence-electron chi connectivity index (χ4n) is 4.03. The third-order valence-corrected chi connectivity index (χ3v) is 6.50. The molecule has 2 atom stereocenters. The van der Waals surface area contributed by atoms with E-state index in [0.29, 0.717) is 32.2 Å². The van der Waals surface area contributed by atoms with Gasteiger partial charge in [0.2, 0.25) is 0 Å². The van der Waals surface area contributed by atoms with E-state index >= 15 is 0 Å². The number of carbonyl (C=O) groups is 1. The molecule has 1 aliphatic rings. The van der Waals surface area contributed by atoms with Crippen LogP contribution in [-0.4, -0.2) is 21.2 Å². The number of benzene rings is 2. The van der Waals surface area contributed by atoms with Crippen molar-refractivity contribution in [2.45, 2.75) is 12.1 Å². The minimum atomic E-state index is -1.04. The number of thiocarbonyl (C=S) groups is 1. The Labute approximate surface area is 210 Å². The molecular formula is C25H17Cl2N3O3S. The Bertz CT molecular complexity index is 1380. The zero-order valence-electron chi connectivity index (χ0n) is 17.5. The van der Waals surface area contributed by atoms with Crippen LogP contribution >= 0.6 is 35.4 Å². The van der Waals surface area contributed by atoms with Crippen LogP contribution in [0, 0.1) is 0 Å². The van der Waals surface area contributed by atoms with Crippen LogP contribution in [0.4, 0.5) is 5.69 Å². The number of anilines is 1. The van der Waals surface area contributed by atoms with Crippen molar-refractivity contribution in [1.82, 2.24) is 10.3 Å². The van der Waals surface area contributed by atoms with E-state index in [1.165, 1.54) is 12.1 Å². The Kier molecular flexibility index (Phi) is 6.00. The number of pyridine rings is 1. The van der Waals surface area contributed by atoms with Gasteiger partial charge in [-0.05, 0) is 78.9 Å². The summed E-state index contributed by atoms with van der Waals surface area (Å²) in [5, 5.41) is 14.3. The molecule has 6 nitrogen and oxygen atoms in total. The monoisotopic (exact) mass is 509 g/mol. The summed E-state index contributed by atoms with van der Waals surface area (Å²) in [7, 11) is 0. The highest BCUT2D eigenvalue weighted by atomic mass is 35.5. The minimum Gasteiger partial charge on any atom is -0.478 e. The number of carboxylic acid groups (broad SMARTS) is 1. The molecule has 0 spiro atoms. The van der Waals surface area contributed by atoms with Crippen molar-refractivity contribution in [3.8, 4) is 11.3 Å². The molecule has 4 aromatic rings. The Morgan fingerprint density at radius 3 is 2.56 bits per heavy atom. The molecule has 0 bridgehead atoms. The molecule has 0 radical (unpaired) electrons. The highest BCUT2D eigenvalue weighted by molar-refractivity contribution is 7.80. The van der Waals surface area contributed by atoms with Crippen molar-refractivity contribution >= 4 is 52.2 Å². The summed E-state index contributed by atoms with van der Waals surface area (Å²) < 4.78 is 6.27. The number of carboxylic acids is 1. The lowest BCUT2D eigenvalue weighted by Gasteiger charge is -2.26. The van der Waals surface area contributed by atoms with Gasteiger partial charge < -0.3 is 19.7 Å². The van der Waals surface area contributed by atoms with Crippen LogP contribution in [0.5, 0.6) is 0 Å². The van der Waals surface area contributed by atoms with E-state index in [2.05, 4.69) is 10.3 Å². The Hall–Kier alpha value is -3.39. The van der Waals surface area contributed by atoms with E-state index in [0.717, 1.165) is 11.4 Å². The maximum Gasteiger partial charge on any atom is 0.335 e. The van der Waals surface area contributed by atoms with Crippen molar-refractivity contribution in [3.63, 3.8) is 0 Å². The maximum atomic E-state index is 11.5. The van der Waals surface area contributed by atoms with Gasteiger partial charge in [0.1, 0.15) is 17.6 Å². The van der Waals surface area contributed by atoms with Gasteiger partial charge in [0.05, 0.1) is 22.3 Å². The van der Waals surface area contributed by atoms with Gasteiger partial charge >= 0.3 is 5.97 Å². The van der Waals surface area contributed by atoms with Gasteiger partial charge in [-0.2, -0.15) is 0 Å². The lowest BCUT2D eigenvalue weighted by Crippen LogP contribution is -2.29. The maximum absolute atomic E-state index is 11.5. The normalized spacial score (nSPS) is 17.6. The van der Waals surface area contributed by atoms with E-state index < -0.39 is 5.97 Å². The number of nitrogens with zero attached hydrogens (tertiary/aromatic N) is 2. The molecule has 1 saturated heterocycles. The predicted molar refractivity (Wildman–Crippen MR) is 135 cm³/mol. The van der Waals surface area contributed by atoms with Crippen LogP contribution in [0.1, 0.15) is 33.9 Å². The van der Waals surface area contributed by atoms with Crippen LogP contribution in [0.15, 0.2) is 83.4 Å². The average Bonchev–Trinajstić information content (AvgIpc) is 3.45. The zero-order valence-corrected chi connectivity index (χ0v) is 19.8. The van der Waals surface area contributed by atoms with Gasteiger partial charge in [-0.25, -0.2) is 4.79 Å². The summed E-state index contributed by atoms with van der Waals surface area (Å²) in [6.45, 7) is 0. The number of rotatable bonds is 5. The summed E-state index contributed by atoms with van der Waals surface area (Å²) in [4.78, 5) is 17.9. The highest BCUT2D eigenvalue weighted by Gasteiger charge is 2.42. The molecule has 0 saturated carbocycles. The largest absolute Gasteiger partial charge is 0.478 e. The molecule has 1 aliphatic heterocycles. The van der Waals surface area contributed by atoms with Gasteiger partial charge in [0.25, 0.3) is 0 Å². The number of furan rings is 1. The topological polar surface area (TPSA) is 78.6 Å². The third-order valence-electron chi connectivity index (χ3n) is 5.60. The molecule has 2 aromatic heterocycles. The quantitative estimate of drug-likeness (QED) is 0.296. The Morgan fingerprint density at radius 1 is 1.06 bits per heavy atom. The van der Waals surface area contributed by atoms with E-state index in [1.807, 2.05) is 41.3 Å². The summed E-state index contributed by atoms with van der Waals surface area (Å²) in [6.07, 6.45) is 1.73. The number of halogens is 2. The van der Waals surface area contributed by atoms with Gasteiger partial charge in [0, 0.05) is 22.5 Å². The van der Waals surface area contributed by atoms with E-state index in [1.54, 1.807) is 30.5 Å². The van der Waals surface area contributed by atoms with Gasteiger partial charge in [0.15, 0.2) is 5.11 Å². The Balaban J connectivity index is 1.61. The van der Waals surface area contributed by atoms with E-state index in [4.69, 9.17) is 39.8 Å². The van der Waals surface area contributed by atoms with Crippen LogP contribution in [0.2, 0.25) is 10.0 Å². The minimum absolute atomic E-state index is 0.121. The van der Waals surface area contributed by atoms with Crippen LogP contribution < -0.4 is 10.2 Å². The highest BCUT2D eigenvalue weighted by Crippen LogP contribution is 2.43. The second kappa shape index (κ2) is 9.10. The van der Waals surface area contributed by atoms with Crippen LogP contribution in [0.25, 0.3) is 11.3 Å². The third kappa shape index (κ3) is 4.14. The van der Waals surface area contributed by atoms with Crippen molar-refractivity contribution < 1.29 is 14.3 Å².